The molecule has 1 saturated carbocycles. The fraction of sp³-hybridized carbons (Fsp3) is 0.364. The molecular formula is C22H24FN9O2. The maximum Gasteiger partial charge on any atom is 0.225 e. The molecule has 0 saturated heterocycles. The Bertz CT molecular complexity index is 1340. The summed E-state index contributed by atoms with van der Waals surface area (Å²) in [7, 11) is 1.62. The van der Waals surface area contributed by atoms with Crippen LogP contribution in [0.4, 0.5) is 10.3 Å². The first-order chi connectivity index (χ1) is 16.5. The first kappa shape index (κ1) is 21.9. The number of carbonyl (C=O) groups excluding carboxylic acids is 1. The lowest BCUT2D eigenvalue weighted by Crippen LogP contribution is -2.23. The van der Waals surface area contributed by atoms with Gasteiger partial charge in [-0.05, 0) is 31.4 Å². The van der Waals surface area contributed by atoms with Gasteiger partial charge in [-0.15, -0.1) is 5.10 Å². The number of carbonyl (C=O) groups is 1. The molecule has 3 N–H and O–H groups in total. The quantitative estimate of drug-likeness (QED) is 0.402. The van der Waals surface area contributed by atoms with Gasteiger partial charge in [-0.3, -0.25) is 9.48 Å². The van der Waals surface area contributed by atoms with Gasteiger partial charge in [0.25, 0.3) is 0 Å². The second-order valence-electron chi connectivity index (χ2n) is 8.31. The summed E-state index contributed by atoms with van der Waals surface area (Å²) >= 11 is 0. The average molecular weight is 465 g/mol. The van der Waals surface area contributed by atoms with Crippen LogP contribution in [0.25, 0.3) is 28.0 Å². The normalized spacial score (nSPS) is 17.9. The lowest BCUT2D eigenvalue weighted by molar-refractivity contribution is -0.121. The third-order valence-electron chi connectivity index (χ3n) is 6.03. The standard InChI is InChI=1S/C22H24FN9O2/c1-34-7-6-31-12-14(10-26-31)17-5-4-16(9-18(17)23)32-21-19(29-30-32)11-25-22(28-21)27-15-3-2-13(8-15)20(24)33/h4-5,9-13,15H,2-3,6-8H2,1H3,(H2,24,33)(H,25,27,28). The molecule has 3 aromatic heterocycles. The highest BCUT2D eigenvalue weighted by Crippen LogP contribution is 2.28. The molecule has 0 aliphatic heterocycles. The van der Waals surface area contributed by atoms with E-state index in [0.29, 0.717) is 53.5 Å². The molecule has 0 bridgehead atoms. The number of aromatic nitrogens is 7. The van der Waals surface area contributed by atoms with E-state index in [9.17, 15) is 4.79 Å². The largest absolute Gasteiger partial charge is 0.383 e. The van der Waals surface area contributed by atoms with E-state index in [1.54, 1.807) is 42.5 Å². The number of nitrogens with zero attached hydrogens (tertiary/aromatic N) is 7. The zero-order chi connectivity index (χ0) is 23.7. The highest BCUT2D eigenvalue weighted by Gasteiger charge is 2.29. The van der Waals surface area contributed by atoms with Crippen LogP contribution in [-0.4, -0.2) is 60.4 Å². The molecule has 2 unspecified atom stereocenters. The lowest BCUT2D eigenvalue weighted by atomic mass is 10.1. The van der Waals surface area contributed by atoms with Gasteiger partial charge in [0.2, 0.25) is 11.9 Å². The van der Waals surface area contributed by atoms with Gasteiger partial charge < -0.3 is 15.8 Å². The smallest absolute Gasteiger partial charge is 0.225 e. The number of ether oxygens (including phenoxy) is 1. The predicted molar refractivity (Wildman–Crippen MR) is 121 cm³/mol. The molecule has 5 rings (SSSR count). The summed E-state index contributed by atoms with van der Waals surface area (Å²) < 4.78 is 23.3. The molecule has 12 heteroatoms. The molecule has 1 amide bonds. The zero-order valence-electron chi connectivity index (χ0n) is 18.6. The van der Waals surface area contributed by atoms with Gasteiger partial charge in [0.15, 0.2) is 11.2 Å². The van der Waals surface area contributed by atoms with Gasteiger partial charge in [-0.1, -0.05) is 5.21 Å². The molecule has 4 aromatic rings. The van der Waals surface area contributed by atoms with E-state index in [1.807, 2.05) is 0 Å². The number of hydrogen-bond acceptors (Lipinski definition) is 8. The number of primary amides is 1. The highest BCUT2D eigenvalue weighted by molar-refractivity contribution is 5.77. The van der Waals surface area contributed by atoms with Crippen molar-refractivity contribution in [3.8, 4) is 16.8 Å². The van der Waals surface area contributed by atoms with Crippen molar-refractivity contribution in [2.45, 2.75) is 31.8 Å². The van der Waals surface area contributed by atoms with Crippen molar-refractivity contribution in [3.05, 3.63) is 42.6 Å². The lowest BCUT2D eigenvalue weighted by Gasteiger charge is -2.12. The summed E-state index contributed by atoms with van der Waals surface area (Å²) in [6.07, 6.45) is 7.15. The summed E-state index contributed by atoms with van der Waals surface area (Å²) in [5.41, 5.74) is 7.93. The summed E-state index contributed by atoms with van der Waals surface area (Å²) in [6, 6.07) is 4.88. The number of anilines is 1. The minimum Gasteiger partial charge on any atom is -0.383 e. The summed E-state index contributed by atoms with van der Waals surface area (Å²) in [4.78, 5) is 20.3. The van der Waals surface area contributed by atoms with Crippen LogP contribution in [0.5, 0.6) is 0 Å². The maximum absolute atomic E-state index is 15.0. The third kappa shape index (κ3) is 4.31. The molecule has 34 heavy (non-hydrogen) atoms. The van der Waals surface area contributed by atoms with Crippen molar-refractivity contribution < 1.29 is 13.9 Å². The van der Waals surface area contributed by atoms with Gasteiger partial charge in [0, 0.05) is 42.5 Å². The number of fused-ring (bicyclic) bond motifs is 1. The average Bonchev–Trinajstić information content (AvgIpc) is 3.57. The van der Waals surface area contributed by atoms with Gasteiger partial charge >= 0.3 is 0 Å². The van der Waals surface area contributed by atoms with Gasteiger partial charge in [-0.25, -0.2) is 9.37 Å². The van der Waals surface area contributed by atoms with Crippen LogP contribution in [0.2, 0.25) is 0 Å². The first-order valence-electron chi connectivity index (χ1n) is 11.0. The van der Waals surface area contributed by atoms with E-state index < -0.39 is 5.82 Å². The van der Waals surface area contributed by atoms with E-state index in [1.165, 1.54) is 10.7 Å². The number of nitrogens with two attached hydrogens (primary N) is 1. The fourth-order valence-corrected chi connectivity index (χ4v) is 4.20. The third-order valence-corrected chi connectivity index (χ3v) is 6.03. The Morgan fingerprint density at radius 2 is 2.21 bits per heavy atom. The number of benzene rings is 1. The number of halogens is 1. The van der Waals surface area contributed by atoms with E-state index in [-0.39, 0.29) is 17.9 Å². The van der Waals surface area contributed by atoms with Gasteiger partial charge in [0.05, 0.1) is 31.2 Å². The van der Waals surface area contributed by atoms with Crippen LogP contribution in [0, 0.1) is 11.7 Å². The Kier molecular flexibility index (Phi) is 5.88. The van der Waals surface area contributed by atoms with E-state index in [0.717, 1.165) is 12.8 Å². The molecular weight excluding hydrogens is 441 g/mol. The van der Waals surface area contributed by atoms with E-state index >= 15 is 4.39 Å². The highest BCUT2D eigenvalue weighted by atomic mass is 19.1. The van der Waals surface area contributed by atoms with Crippen molar-refractivity contribution in [2.24, 2.45) is 11.7 Å². The molecule has 1 aliphatic carbocycles. The number of nitrogens with one attached hydrogen (secondary N) is 1. The molecule has 176 valence electrons. The maximum atomic E-state index is 15.0. The van der Waals surface area contributed by atoms with Crippen molar-refractivity contribution in [1.82, 2.24) is 34.7 Å². The Morgan fingerprint density at radius 1 is 1.32 bits per heavy atom. The minimum absolute atomic E-state index is 0.0563. The second kappa shape index (κ2) is 9.14. The monoisotopic (exact) mass is 465 g/mol. The van der Waals surface area contributed by atoms with Crippen molar-refractivity contribution in [2.75, 3.05) is 19.0 Å². The summed E-state index contributed by atoms with van der Waals surface area (Å²) in [5, 5.41) is 15.7. The Labute approximate surface area is 194 Å². The van der Waals surface area contributed by atoms with Gasteiger partial charge in [0.1, 0.15) is 5.82 Å². The molecule has 1 aromatic carbocycles. The molecule has 1 aliphatic rings. The molecule has 0 spiro atoms. The summed E-state index contributed by atoms with van der Waals surface area (Å²) in [6.45, 7) is 1.11. The van der Waals surface area contributed by atoms with E-state index in [2.05, 4.69) is 30.7 Å². The first-order valence-corrected chi connectivity index (χ1v) is 11.0. The summed E-state index contributed by atoms with van der Waals surface area (Å²) in [5.74, 6) is -0.437. The van der Waals surface area contributed by atoms with Crippen LogP contribution in [0.1, 0.15) is 19.3 Å². The van der Waals surface area contributed by atoms with Crippen molar-refractivity contribution in [1.29, 1.82) is 0 Å². The van der Waals surface area contributed by atoms with E-state index in [4.69, 9.17) is 10.5 Å². The fourth-order valence-electron chi connectivity index (χ4n) is 4.20. The number of methoxy groups -OCH3 is 1. The van der Waals surface area contributed by atoms with Crippen molar-refractivity contribution >= 4 is 23.0 Å². The number of rotatable bonds is 8. The number of amides is 1. The predicted octanol–water partition coefficient (Wildman–Crippen LogP) is 1.93. The van der Waals surface area contributed by atoms with Crippen LogP contribution in [0.15, 0.2) is 36.8 Å². The molecule has 0 radical (unpaired) electrons. The van der Waals surface area contributed by atoms with Crippen LogP contribution < -0.4 is 11.1 Å². The van der Waals surface area contributed by atoms with Crippen LogP contribution in [0.3, 0.4) is 0 Å². The molecule has 3 heterocycles. The molecule has 2 atom stereocenters. The van der Waals surface area contributed by atoms with Crippen LogP contribution in [-0.2, 0) is 16.1 Å². The number of hydrogen-bond donors (Lipinski definition) is 2. The minimum atomic E-state index is -0.414. The topological polar surface area (TPSA) is 139 Å². The van der Waals surface area contributed by atoms with Crippen LogP contribution >= 0.6 is 0 Å². The molecule has 1 fully saturated rings. The SMILES string of the molecule is COCCn1cc(-c2ccc(-n3nnc4cnc(NC5CCC(C(N)=O)C5)nc43)cc2F)cn1. The van der Waals surface area contributed by atoms with Gasteiger partial charge in [-0.2, -0.15) is 14.8 Å². The van der Waals surface area contributed by atoms with Crippen molar-refractivity contribution in [3.63, 3.8) is 0 Å². The second-order valence-corrected chi connectivity index (χ2v) is 8.31. The zero-order valence-corrected chi connectivity index (χ0v) is 18.6. The molecule has 11 nitrogen and oxygen atoms in total. The Morgan fingerprint density at radius 3 is 2.97 bits per heavy atom. The Balaban J connectivity index is 1.38. The Hall–Kier alpha value is -3.93.